The summed E-state index contributed by atoms with van der Waals surface area (Å²) in [4.78, 5) is 0. The second-order valence-electron chi connectivity index (χ2n) is 5.00. The van der Waals surface area contributed by atoms with E-state index in [1.54, 1.807) is 18.4 Å². The van der Waals surface area contributed by atoms with E-state index in [-0.39, 0.29) is 12.0 Å². The molecular formula is C14H20N2O2S. The summed E-state index contributed by atoms with van der Waals surface area (Å²) < 4.78 is 27.7. The number of benzene rings is 1. The van der Waals surface area contributed by atoms with Gasteiger partial charge >= 0.3 is 0 Å². The smallest absolute Gasteiger partial charge is 0.195 e. The lowest BCUT2D eigenvalue weighted by Crippen LogP contribution is -2.45. The first-order valence-electron chi connectivity index (χ1n) is 6.35. The van der Waals surface area contributed by atoms with Crippen LogP contribution in [-0.4, -0.2) is 37.7 Å². The van der Waals surface area contributed by atoms with Crippen molar-refractivity contribution in [2.24, 2.45) is 5.92 Å². The van der Waals surface area contributed by atoms with E-state index in [0.717, 1.165) is 5.56 Å². The monoisotopic (exact) mass is 280 g/mol. The molecule has 1 aliphatic heterocycles. The van der Waals surface area contributed by atoms with Crippen LogP contribution in [0.3, 0.4) is 0 Å². The summed E-state index contributed by atoms with van der Waals surface area (Å²) in [6, 6.07) is 9.66. The molecule has 1 aliphatic rings. The van der Waals surface area contributed by atoms with Crippen LogP contribution in [0.2, 0.25) is 0 Å². The Hall–Kier alpha value is -1.17. The van der Waals surface area contributed by atoms with Crippen LogP contribution in [0.25, 0.3) is 0 Å². The van der Waals surface area contributed by atoms with Gasteiger partial charge in [0.1, 0.15) is 0 Å². The SMILES string of the molecule is CC1C=CCN(S(=O)(=O)N(C)C)C1c1ccccc1. The van der Waals surface area contributed by atoms with Gasteiger partial charge in [0.25, 0.3) is 10.2 Å². The summed E-state index contributed by atoms with van der Waals surface area (Å²) in [5.41, 5.74) is 1.03. The van der Waals surface area contributed by atoms with Crippen molar-refractivity contribution in [3.05, 3.63) is 48.0 Å². The minimum Gasteiger partial charge on any atom is -0.195 e. The topological polar surface area (TPSA) is 40.6 Å². The van der Waals surface area contributed by atoms with Crippen molar-refractivity contribution in [2.45, 2.75) is 13.0 Å². The van der Waals surface area contributed by atoms with Crippen LogP contribution in [0, 0.1) is 5.92 Å². The number of rotatable bonds is 3. The van der Waals surface area contributed by atoms with Crippen LogP contribution in [0.4, 0.5) is 0 Å². The molecule has 0 saturated heterocycles. The maximum absolute atomic E-state index is 12.4. The summed E-state index contributed by atoms with van der Waals surface area (Å²) in [6.07, 6.45) is 4.00. The molecule has 4 nitrogen and oxygen atoms in total. The number of hydrogen-bond donors (Lipinski definition) is 0. The van der Waals surface area contributed by atoms with Gasteiger partial charge < -0.3 is 0 Å². The molecule has 2 rings (SSSR count). The Bertz CT molecular complexity index is 552. The minimum absolute atomic E-state index is 0.140. The average molecular weight is 280 g/mol. The van der Waals surface area contributed by atoms with E-state index in [4.69, 9.17) is 0 Å². The molecule has 0 fully saturated rings. The highest BCUT2D eigenvalue weighted by Gasteiger charge is 2.36. The lowest BCUT2D eigenvalue weighted by Gasteiger charge is -2.37. The Balaban J connectivity index is 2.45. The van der Waals surface area contributed by atoms with Crippen molar-refractivity contribution in [3.8, 4) is 0 Å². The summed E-state index contributed by atoms with van der Waals surface area (Å²) in [5.74, 6) is 0.158. The molecule has 1 aromatic carbocycles. The zero-order valence-electron chi connectivity index (χ0n) is 11.5. The quantitative estimate of drug-likeness (QED) is 0.795. The molecule has 5 heteroatoms. The number of hydrogen-bond acceptors (Lipinski definition) is 2. The van der Waals surface area contributed by atoms with Crippen LogP contribution >= 0.6 is 0 Å². The second kappa shape index (κ2) is 5.45. The summed E-state index contributed by atoms with van der Waals surface area (Å²) in [7, 11) is -0.275. The largest absolute Gasteiger partial charge is 0.282 e. The van der Waals surface area contributed by atoms with E-state index in [2.05, 4.69) is 6.08 Å². The first-order chi connectivity index (χ1) is 8.94. The van der Waals surface area contributed by atoms with Gasteiger partial charge in [0.15, 0.2) is 0 Å². The fourth-order valence-corrected chi connectivity index (χ4v) is 3.72. The summed E-state index contributed by atoms with van der Waals surface area (Å²) >= 11 is 0. The molecule has 0 bridgehead atoms. The van der Waals surface area contributed by atoms with Gasteiger partial charge in [-0.2, -0.15) is 17.0 Å². The maximum Gasteiger partial charge on any atom is 0.282 e. The first kappa shape index (κ1) is 14.2. The highest BCUT2D eigenvalue weighted by atomic mass is 32.2. The average Bonchev–Trinajstić information content (AvgIpc) is 2.39. The molecular weight excluding hydrogens is 260 g/mol. The van der Waals surface area contributed by atoms with E-state index in [1.165, 1.54) is 4.31 Å². The molecule has 0 saturated carbocycles. The summed E-state index contributed by atoms with van der Waals surface area (Å²) in [6.45, 7) is 2.47. The molecule has 104 valence electrons. The van der Waals surface area contributed by atoms with Gasteiger partial charge in [-0.3, -0.25) is 0 Å². The van der Waals surface area contributed by atoms with Crippen molar-refractivity contribution in [2.75, 3.05) is 20.6 Å². The molecule has 0 N–H and O–H groups in total. The molecule has 1 heterocycles. The normalized spacial score (nSPS) is 24.8. The van der Waals surface area contributed by atoms with Crippen LogP contribution in [0.1, 0.15) is 18.5 Å². The van der Waals surface area contributed by atoms with E-state index < -0.39 is 10.2 Å². The molecule has 2 unspecified atom stereocenters. The molecule has 0 aromatic heterocycles. The molecule has 0 aliphatic carbocycles. The van der Waals surface area contributed by atoms with E-state index in [1.807, 2.05) is 43.3 Å². The lowest BCUT2D eigenvalue weighted by atomic mass is 9.92. The van der Waals surface area contributed by atoms with E-state index >= 15 is 0 Å². The second-order valence-corrected chi connectivity index (χ2v) is 7.10. The Kier molecular flexibility index (Phi) is 4.08. The predicted molar refractivity (Wildman–Crippen MR) is 76.8 cm³/mol. The Morgan fingerprint density at radius 1 is 1.21 bits per heavy atom. The van der Waals surface area contributed by atoms with Crippen LogP contribution < -0.4 is 0 Å². The molecule has 0 spiro atoms. The van der Waals surface area contributed by atoms with Gasteiger partial charge in [0.05, 0.1) is 6.04 Å². The molecule has 1 aromatic rings. The van der Waals surface area contributed by atoms with Gasteiger partial charge in [0, 0.05) is 20.6 Å². The molecule has 0 radical (unpaired) electrons. The van der Waals surface area contributed by atoms with Crippen LogP contribution in [0.15, 0.2) is 42.5 Å². The van der Waals surface area contributed by atoms with E-state index in [9.17, 15) is 8.42 Å². The maximum atomic E-state index is 12.4. The highest BCUT2D eigenvalue weighted by Crippen LogP contribution is 2.34. The fourth-order valence-electron chi connectivity index (χ4n) is 2.43. The van der Waals surface area contributed by atoms with Gasteiger partial charge in [-0.1, -0.05) is 49.4 Å². The third-order valence-electron chi connectivity index (χ3n) is 3.43. The fraction of sp³-hybridized carbons (Fsp3) is 0.429. The van der Waals surface area contributed by atoms with Crippen LogP contribution in [0.5, 0.6) is 0 Å². The van der Waals surface area contributed by atoms with Crippen molar-refractivity contribution >= 4 is 10.2 Å². The summed E-state index contributed by atoms with van der Waals surface area (Å²) in [5, 5.41) is 0. The zero-order valence-corrected chi connectivity index (χ0v) is 12.3. The minimum atomic E-state index is -3.41. The first-order valence-corrected chi connectivity index (χ1v) is 7.75. The molecule has 2 atom stereocenters. The Labute approximate surface area is 115 Å². The Morgan fingerprint density at radius 3 is 2.42 bits per heavy atom. The molecule has 19 heavy (non-hydrogen) atoms. The van der Waals surface area contributed by atoms with Crippen molar-refractivity contribution in [3.63, 3.8) is 0 Å². The highest BCUT2D eigenvalue weighted by molar-refractivity contribution is 7.86. The van der Waals surface area contributed by atoms with Gasteiger partial charge in [0.2, 0.25) is 0 Å². The molecule has 0 amide bonds. The van der Waals surface area contributed by atoms with Gasteiger partial charge in [-0.15, -0.1) is 0 Å². The lowest BCUT2D eigenvalue weighted by molar-refractivity contribution is 0.269. The third-order valence-corrected chi connectivity index (χ3v) is 5.32. The van der Waals surface area contributed by atoms with Gasteiger partial charge in [-0.05, 0) is 11.5 Å². The predicted octanol–water partition coefficient (Wildman–Crippen LogP) is 2.04. The van der Waals surface area contributed by atoms with E-state index in [0.29, 0.717) is 6.54 Å². The van der Waals surface area contributed by atoms with Crippen LogP contribution in [-0.2, 0) is 10.2 Å². The van der Waals surface area contributed by atoms with Crippen molar-refractivity contribution in [1.82, 2.24) is 8.61 Å². The number of nitrogens with zero attached hydrogens (tertiary/aromatic N) is 2. The van der Waals surface area contributed by atoms with Gasteiger partial charge in [-0.25, -0.2) is 0 Å². The standard InChI is InChI=1S/C14H20N2O2S/c1-12-8-7-11-16(19(17,18)15(2)3)14(12)13-9-5-4-6-10-13/h4-10,12,14H,11H2,1-3H3. The van der Waals surface area contributed by atoms with Crippen molar-refractivity contribution in [1.29, 1.82) is 0 Å². The Morgan fingerprint density at radius 2 is 1.84 bits per heavy atom. The zero-order chi connectivity index (χ0) is 14.0. The van der Waals surface area contributed by atoms with Crippen molar-refractivity contribution < 1.29 is 8.42 Å². The third kappa shape index (κ3) is 2.73.